The molecule has 0 aliphatic carbocycles. The Morgan fingerprint density at radius 2 is 1.97 bits per heavy atom. The number of allylic oxidation sites excluding steroid dienone is 1. The Kier molecular flexibility index (Phi) is 8.94. The number of hydrogen-bond donors (Lipinski definition) is 5. The first-order valence-corrected chi connectivity index (χ1v) is 9.87. The molecule has 0 saturated carbocycles. The number of benzene rings is 1. The average molecular weight is 470 g/mol. The lowest BCUT2D eigenvalue weighted by Gasteiger charge is -2.36. The van der Waals surface area contributed by atoms with Crippen molar-refractivity contribution in [1.82, 2.24) is 20.9 Å². The van der Waals surface area contributed by atoms with E-state index in [1.165, 1.54) is 30.3 Å². The number of nitrogens with zero attached hydrogens (tertiary/aromatic N) is 1. The Balaban J connectivity index is 1.99. The molecule has 1 aromatic carbocycles. The third-order valence-corrected chi connectivity index (χ3v) is 4.81. The summed E-state index contributed by atoms with van der Waals surface area (Å²) in [5, 5.41) is 14.2. The van der Waals surface area contributed by atoms with Crippen LogP contribution in [0, 0.1) is 5.41 Å². The number of nitrogens with two attached hydrogens (primary N) is 1. The highest BCUT2D eigenvalue weighted by Gasteiger charge is 2.39. The molecule has 0 radical (unpaired) electrons. The van der Waals surface area contributed by atoms with E-state index in [0.717, 1.165) is 6.21 Å². The number of hydrogen-bond acceptors (Lipinski definition) is 7. The summed E-state index contributed by atoms with van der Waals surface area (Å²) in [6.07, 6.45) is -4.13. The van der Waals surface area contributed by atoms with Crippen molar-refractivity contribution in [3.63, 3.8) is 0 Å². The topological polar surface area (TPSA) is 150 Å². The Morgan fingerprint density at radius 3 is 2.55 bits per heavy atom. The number of carbonyl (C=O) groups excluding carboxylic acids is 3. The fourth-order valence-corrected chi connectivity index (χ4v) is 3.05. The van der Waals surface area contributed by atoms with Crippen LogP contribution in [-0.2, 0) is 14.3 Å². The first-order chi connectivity index (χ1) is 15.6. The molecule has 0 spiro atoms. The van der Waals surface area contributed by atoms with Gasteiger partial charge in [0.25, 0.3) is 11.8 Å². The predicted molar refractivity (Wildman–Crippen MR) is 112 cm³/mol. The first kappa shape index (κ1) is 25.8. The summed E-state index contributed by atoms with van der Waals surface area (Å²) in [7, 11) is 1.56. The molecule has 2 atom stereocenters. The van der Waals surface area contributed by atoms with Gasteiger partial charge in [0, 0.05) is 31.9 Å². The molecule has 1 fully saturated rings. The van der Waals surface area contributed by atoms with Crippen molar-refractivity contribution < 1.29 is 32.3 Å². The number of alkyl halides is 3. The fraction of sp³-hybridized carbons (Fsp3) is 0.400. The molecule has 1 heterocycles. The van der Waals surface area contributed by atoms with Gasteiger partial charge in [0.2, 0.25) is 0 Å². The van der Waals surface area contributed by atoms with Gasteiger partial charge in [-0.1, -0.05) is 12.1 Å². The maximum Gasteiger partial charge on any atom is 0.471 e. The van der Waals surface area contributed by atoms with Crippen LogP contribution in [0.15, 0.2) is 36.0 Å². The van der Waals surface area contributed by atoms with E-state index in [0.29, 0.717) is 13.2 Å². The maximum atomic E-state index is 12.7. The number of likely N-dealkylation sites (N-methyl/N-ethyl adjacent to an activating group) is 1. The average Bonchev–Trinajstić information content (AvgIpc) is 2.80. The van der Waals surface area contributed by atoms with E-state index >= 15 is 0 Å². The minimum Gasteiger partial charge on any atom is -0.384 e. The zero-order valence-electron chi connectivity index (χ0n) is 17.7. The molecule has 1 aromatic rings. The highest BCUT2D eigenvalue weighted by molar-refractivity contribution is 5.97. The molecule has 33 heavy (non-hydrogen) atoms. The van der Waals surface area contributed by atoms with Gasteiger partial charge in [0.15, 0.2) is 0 Å². The van der Waals surface area contributed by atoms with Crippen molar-refractivity contribution >= 4 is 23.9 Å². The lowest BCUT2D eigenvalue weighted by molar-refractivity contribution is -0.174. The number of carbonyl (C=O) groups is 3. The van der Waals surface area contributed by atoms with Gasteiger partial charge in [0.1, 0.15) is 11.9 Å². The lowest BCUT2D eigenvalue weighted by atomic mass is 10.1. The van der Waals surface area contributed by atoms with Gasteiger partial charge in [-0.2, -0.15) is 13.2 Å². The largest absolute Gasteiger partial charge is 0.471 e. The normalized spacial score (nSPS) is 17.7. The number of ether oxygens (including phenoxy) is 1. The van der Waals surface area contributed by atoms with Crippen molar-refractivity contribution in [3.05, 3.63) is 47.2 Å². The van der Waals surface area contributed by atoms with Gasteiger partial charge in [-0.3, -0.25) is 14.4 Å². The van der Waals surface area contributed by atoms with E-state index in [1.54, 1.807) is 17.3 Å². The van der Waals surface area contributed by atoms with Crippen LogP contribution in [0.25, 0.3) is 0 Å². The number of morpholine rings is 1. The fourth-order valence-electron chi connectivity index (χ4n) is 3.05. The molecule has 1 unspecified atom stereocenters. The highest BCUT2D eigenvalue weighted by atomic mass is 19.4. The molecule has 1 saturated heterocycles. The molecule has 3 amide bonds. The second kappa shape index (κ2) is 11.4. The monoisotopic (exact) mass is 470 g/mol. The quantitative estimate of drug-likeness (QED) is 0.206. The standard InChI is InChI=1S/C20H25F3N6O4/c1-26-15(6-7-24)18(31)29-8-9-33-11-14(29)10-27-17(30)13-4-2-12(3-5-13)16(25)28-19(32)20(21,22)23/h2-7,14,16,24,26H,8-11,25H2,1H3,(H,27,30)(H,28,32)/b15-6-,24-7?/t14-,16?/m1/s1. The minimum atomic E-state index is -5.06. The molecule has 2 rings (SSSR count). The third-order valence-electron chi connectivity index (χ3n) is 4.81. The van der Waals surface area contributed by atoms with E-state index < -0.39 is 30.2 Å². The van der Waals surface area contributed by atoms with E-state index in [4.69, 9.17) is 15.9 Å². The second-order valence-electron chi connectivity index (χ2n) is 7.01. The van der Waals surface area contributed by atoms with Crippen LogP contribution in [0.5, 0.6) is 0 Å². The molecule has 0 bridgehead atoms. The third kappa shape index (κ3) is 7.02. The van der Waals surface area contributed by atoms with Gasteiger partial charge >= 0.3 is 12.1 Å². The molecule has 6 N–H and O–H groups in total. The lowest BCUT2D eigenvalue weighted by Crippen LogP contribution is -2.54. The van der Waals surface area contributed by atoms with E-state index in [2.05, 4.69) is 10.6 Å². The van der Waals surface area contributed by atoms with Gasteiger partial charge in [-0.15, -0.1) is 0 Å². The molecular weight excluding hydrogens is 445 g/mol. The first-order valence-electron chi connectivity index (χ1n) is 9.87. The molecule has 13 heteroatoms. The zero-order chi connectivity index (χ0) is 24.6. The minimum absolute atomic E-state index is 0.0923. The highest BCUT2D eigenvalue weighted by Crippen LogP contribution is 2.17. The van der Waals surface area contributed by atoms with Crippen molar-refractivity contribution in [1.29, 1.82) is 5.41 Å². The number of amides is 3. The summed E-state index contributed by atoms with van der Waals surface area (Å²) in [5.74, 6) is -2.97. The van der Waals surface area contributed by atoms with Crippen LogP contribution in [0.2, 0.25) is 0 Å². The van der Waals surface area contributed by atoms with E-state index in [-0.39, 0.29) is 35.9 Å². The summed E-state index contributed by atoms with van der Waals surface area (Å²) >= 11 is 0. The van der Waals surface area contributed by atoms with Crippen molar-refractivity contribution in [2.45, 2.75) is 18.4 Å². The predicted octanol–water partition coefficient (Wildman–Crippen LogP) is 0.0325. The zero-order valence-corrected chi connectivity index (χ0v) is 17.7. The van der Waals surface area contributed by atoms with Crippen molar-refractivity contribution in [2.75, 3.05) is 33.4 Å². The summed E-state index contributed by atoms with van der Waals surface area (Å²) in [4.78, 5) is 37.7. The molecule has 10 nitrogen and oxygen atoms in total. The molecular formula is C20H25F3N6O4. The van der Waals surface area contributed by atoms with Gasteiger partial charge in [-0.05, 0) is 23.8 Å². The van der Waals surface area contributed by atoms with Crippen LogP contribution in [0.3, 0.4) is 0 Å². The van der Waals surface area contributed by atoms with Crippen LogP contribution < -0.4 is 21.7 Å². The van der Waals surface area contributed by atoms with Crippen LogP contribution >= 0.6 is 0 Å². The summed E-state index contributed by atoms with van der Waals surface area (Å²) < 4.78 is 42.4. The van der Waals surface area contributed by atoms with Crippen molar-refractivity contribution in [3.8, 4) is 0 Å². The van der Waals surface area contributed by atoms with E-state index in [1.807, 2.05) is 0 Å². The van der Waals surface area contributed by atoms with Crippen LogP contribution in [0.4, 0.5) is 13.2 Å². The summed E-state index contributed by atoms with van der Waals surface area (Å²) in [6, 6.07) is 4.93. The molecule has 1 aliphatic heterocycles. The van der Waals surface area contributed by atoms with Gasteiger partial charge in [-0.25, -0.2) is 0 Å². The molecule has 0 aromatic heterocycles. The Bertz CT molecular complexity index is 904. The number of rotatable bonds is 8. The summed E-state index contributed by atoms with van der Waals surface area (Å²) in [6.45, 7) is 0.951. The maximum absolute atomic E-state index is 12.7. The SMILES string of the molecule is CN/C(=C\C=N)C(=O)N1CCOC[C@H]1CNC(=O)c1ccc(C(N)NC(=O)C(F)(F)F)cc1. The Labute approximate surface area is 187 Å². The van der Waals surface area contributed by atoms with Gasteiger partial charge in [0.05, 0.1) is 19.3 Å². The molecule has 180 valence electrons. The van der Waals surface area contributed by atoms with E-state index in [9.17, 15) is 27.6 Å². The smallest absolute Gasteiger partial charge is 0.384 e. The Hall–Kier alpha value is -3.45. The Morgan fingerprint density at radius 1 is 1.30 bits per heavy atom. The molecule has 1 aliphatic rings. The number of halogens is 3. The summed E-state index contributed by atoms with van der Waals surface area (Å²) in [5.41, 5.74) is 6.19. The van der Waals surface area contributed by atoms with Gasteiger partial charge < -0.3 is 36.7 Å². The second-order valence-corrected chi connectivity index (χ2v) is 7.01. The van der Waals surface area contributed by atoms with Crippen LogP contribution in [0.1, 0.15) is 22.1 Å². The number of nitrogens with one attached hydrogen (secondary N) is 4. The van der Waals surface area contributed by atoms with Crippen LogP contribution in [-0.4, -0.2) is 74.4 Å². The van der Waals surface area contributed by atoms with Crippen molar-refractivity contribution in [2.24, 2.45) is 5.73 Å².